The highest BCUT2D eigenvalue weighted by Gasteiger charge is 2.16. The summed E-state index contributed by atoms with van der Waals surface area (Å²) in [6.45, 7) is 3.73. The maximum atomic E-state index is 6.22. The summed E-state index contributed by atoms with van der Waals surface area (Å²) in [5, 5.41) is 8.23. The maximum Gasteiger partial charge on any atom is 0.179 e. The molecule has 1 aliphatic rings. The van der Waals surface area contributed by atoms with Crippen molar-refractivity contribution in [1.82, 2.24) is 9.78 Å². The van der Waals surface area contributed by atoms with Crippen LogP contribution in [0.1, 0.15) is 11.3 Å². The van der Waals surface area contributed by atoms with Gasteiger partial charge in [0.05, 0.1) is 16.4 Å². The average molecular weight is 294 g/mol. The van der Waals surface area contributed by atoms with Gasteiger partial charge in [-0.25, -0.2) is 0 Å². The Balaban J connectivity index is 1.78. The lowest BCUT2D eigenvalue weighted by atomic mass is 10.2. The Morgan fingerprint density at radius 1 is 1.35 bits per heavy atom. The fourth-order valence-corrected chi connectivity index (χ4v) is 2.52. The Kier molecular flexibility index (Phi) is 3.44. The fourth-order valence-electron chi connectivity index (χ4n) is 2.24. The summed E-state index contributed by atoms with van der Waals surface area (Å²) in [5.74, 6) is 1.35. The van der Waals surface area contributed by atoms with Gasteiger partial charge in [-0.15, -0.1) is 0 Å². The molecule has 3 rings (SSSR count). The predicted molar refractivity (Wildman–Crippen MR) is 77.7 cm³/mol. The Bertz CT molecular complexity index is 640. The Morgan fingerprint density at radius 2 is 2.15 bits per heavy atom. The van der Waals surface area contributed by atoms with Gasteiger partial charge < -0.3 is 14.8 Å². The highest BCUT2D eigenvalue weighted by atomic mass is 35.5. The van der Waals surface area contributed by atoms with E-state index in [1.165, 1.54) is 0 Å². The van der Waals surface area contributed by atoms with Crippen molar-refractivity contribution in [2.24, 2.45) is 7.05 Å². The number of hydrogen-bond acceptors (Lipinski definition) is 4. The van der Waals surface area contributed by atoms with Crippen LogP contribution in [0.2, 0.25) is 5.02 Å². The number of aromatic nitrogens is 2. The molecule has 5 nitrogen and oxygen atoms in total. The smallest absolute Gasteiger partial charge is 0.179 e. The average Bonchev–Trinajstić information content (AvgIpc) is 2.75. The zero-order valence-corrected chi connectivity index (χ0v) is 12.2. The molecule has 0 atom stereocenters. The summed E-state index contributed by atoms with van der Waals surface area (Å²) in [6, 6.07) is 3.85. The van der Waals surface area contributed by atoms with Crippen molar-refractivity contribution in [2.75, 3.05) is 18.5 Å². The fraction of sp³-hybridized carbons (Fsp3) is 0.357. The van der Waals surface area contributed by atoms with Gasteiger partial charge in [-0.1, -0.05) is 11.6 Å². The maximum absolute atomic E-state index is 6.22. The number of benzene rings is 1. The van der Waals surface area contributed by atoms with Crippen LogP contribution in [-0.4, -0.2) is 23.0 Å². The zero-order valence-electron chi connectivity index (χ0n) is 11.4. The molecule has 0 bridgehead atoms. The lowest BCUT2D eigenvalue weighted by molar-refractivity contribution is 0.171. The molecule has 1 aromatic carbocycles. The minimum absolute atomic E-state index is 0.541. The molecule has 1 N–H and O–H groups in total. The number of halogens is 1. The van der Waals surface area contributed by atoms with Gasteiger partial charge in [-0.05, 0) is 24.6 Å². The summed E-state index contributed by atoms with van der Waals surface area (Å²) in [7, 11) is 1.90. The second-order valence-electron chi connectivity index (χ2n) is 4.76. The van der Waals surface area contributed by atoms with Crippen LogP contribution in [-0.2, 0) is 13.6 Å². The van der Waals surface area contributed by atoms with Crippen molar-refractivity contribution < 1.29 is 9.47 Å². The molecule has 0 fully saturated rings. The van der Waals surface area contributed by atoms with Crippen LogP contribution < -0.4 is 14.8 Å². The molecule has 2 heterocycles. The number of rotatable bonds is 3. The first kappa shape index (κ1) is 13.1. The van der Waals surface area contributed by atoms with Crippen molar-refractivity contribution in [1.29, 1.82) is 0 Å². The summed E-state index contributed by atoms with van der Waals surface area (Å²) in [6.07, 6.45) is 1.95. The topological polar surface area (TPSA) is 48.3 Å². The van der Waals surface area contributed by atoms with E-state index in [1.807, 2.05) is 32.3 Å². The SMILES string of the molecule is Cc1nn(C)cc1NCc1cc(Cl)c2c(c1)OCCO2. The summed E-state index contributed by atoms with van der Waals surface area (Å²) < 4.78 is 12.9. The summed E-state index contributed by atoms with van der Waals surface area (Å²) >= 11 is 6.22. The van der Waals surface area contributed by atoms with Crippen molar-refractivity contribution >= 4 is 17.3 Å². The zero-order chi connectivity index (χ0) is 14.1. The molecule has 0 radical (unpaired) electrons. The third-order valence-corrected chi connectivity index (χ3v) is 3.43. The van der Waals surface area contributed by atoms with Crippen LogP contribution >= 0.6 is 11.6 Å². The van der Waals surface area contributed by atoms with Crippen LogP contribution in [0.25, 0.3) is 0 Å². The quantitative estimate of drug-likeness (QED) is 0.945. The van der Waals surface area contributed by atoms with E-state index < -0.39 is 0 Å². The highest BCUT2D eigenvalue weighted by Crippen LogP contribution is 2.38. The second-order valence-corrected chi connectivity index (χ2v) is 5.16. The van der Waals surface area contributed by atoms with E-state index >= 15 is 0 Å². The minimum atomic E-state index is 0.541. The van der Waals surface area contributed by atoms with Gasteiger partial charge in [-0.3, -0.25) is 4.68 Å². The van der Waals surface area contributed by atoms with Gasteiger partial charge in [-0.2, -0.15) is 5.10 Å². The first-order valence-electron chi connectivity index (χ1n) is 6.45. The number of aryl methyl sites for hydroxylation is 2. The molecule has 2 aromatic rings. The summed E-state index contributed by atoms with van der Waals surface area (Å²) in [4.78, 5) is 0. The van der Waals surface area contributed by atoms with Crippen LogP contribution in [0, 0.1) is 6.92 Å². The Hall–Kier alpha value is -1.88. The van der Waals surface area contributed by atoms with Crippen LogP contribution in [0.3, 0.4) is 0 Å². The standard InChI is InChI=1S/C14H16ClN3O2/c1-9-12(8-18(2)17-9)16-7-10-5-11(15)14-13(6-10)19-3-4-20-14/h5-6,8,16H,3-4,7H2,1-2H3. The van der Waals surface area contributed by atoms with E-state index in [2.05, 4.69) is 10.4 Å². The first-order valence-corrected chi connectivity index (χ1v) is 6.83. The molecule has 0 spiro atoms. The van der Waals surface area contributed by atoms with Gasteiger partial charge >= 0.3 is 0 Å². The predicted octanol–water partition coefficient (Wildman–Crippen LogP) is 2.77. The molecular formula is C14H16ClN3O2. The van der Waals surface area contributed by atoms with Crippen LogP contribution in [0.4, 0.5) is 5.69 Å². The largest absolute Gasteiger partial charge is 0.486 e. The van der Waals surface area contributed by atoms with Gasteiger partial charge in [0.25, 0.3) is 0 Å². The summed E-state index contributed by atoms with van der Waals surface area (Å²) in [5.41, 5.74) is 3.03. The lowest BCUT2D eigenvalue weighted by Gasteiger charge is -2.20. The van der Waals surface area contributed by atoms with E-state index in [4.69, 9.17) is 21.1 Å². The molecule has 0 saturated heterocycles. The van der Waals surface area contributed by atoms with E-state index in [0.29, 0.717) is 36.3 Å². The monoisotopic (exact) mass is 293 g/mol. The molecular weight excluding hydrogens is 278 g/mol. The van der Waals surface area contributed by atoms with Crippen molar-refractivity contribution in [3.63, 3.8) is 0 Å². The number of hydrogen-bond donors (Lipinski definition) is 1. The van der Waals surface area contributed by atoms with E-state index in [9.17, 15) is 0 Å². The molecule has 0 saturated carbocycles. The molecule has 6 heteroatoms. The van der Waals surface area contributed by atoms with Crippen LogP contribution in [0.15, 0.2) is 18.3 Å². The van der Waals surface area contributed by atoms with Gasteiger partial charge in [0.2, 0.25) is 0 Å². The van der Waals surface area contributed by atoms with Gasteiger partial charge in [0, 0.05) is 19.8 Å². The van der Waals surface area contributed by atoms with E-state index in [0.717, 1.165) is 16.9 Å². The number of ether oxygens (including phenoxy) is 2. The number of anilines is 1. The van der Waals surface area contributed by atoms with E-state index in [1.54, 1.807) is 4.68 Å². The third-order valence-electron chi connectivity index (χ3n) is 3.15. The number of nitrogens with zero attached hydrogens (tertiary/aromatic N) is 2. The van der Waals surface area contributed by atoms with Crippen molar-refractivity contribution in [2.45, 2.75) is 13.5 Å². The third kappa shape index (κ3) is 2.54. The molecule has 1 aliphatic heterocycles. The Morgan fingerprint density at radius 3 is 2.90 bits per heavy atom. The van der Waals surface area contributed by atoms with E-state index in [-0.39, 0.29) is 0 Å². The van der Waals surface area contributed by atoms with Crippen molar-refractivity contribution in [3.8, 4) is 11.5 Å². The van der Waals surface area contributed by atoms with Gasteiger partial charge in [0.1, 0.15) is 13.2 Å². The molecule has 0 unspecified atom stereocenters. The lowest BCUT2D eigenvalue weighted by Crippen LogP contribution is -2.16. The van der Waals surface area contributed by atoms with Gasteiger partial charge in [0.15, 0.2) is 11.5 Å². The molecule has 0 amide bonds. The van der Waals surface area contributed by atoms with Crippen molar-refractivity contribution in [3.05, 3.63) is 34.6 Å². The molecule has 0 aliphatic carbocycles. The second kappa shape index (κ2) is 5.25. The van der Waals surface area contributed by atoms with Crippen LogP contribution in [0.5, 0.6) is 11.5 Å². The highest BCUT2D eigenvalue weighted by molar-refractivity contribution is 6.32. The normalized spacial score (nSPS) is 13.3. The first-order chi connectivity index (χ1) is 9.63. The number of fused-ring (bicyclic) bond motifs is 1. The number of nitrogens with one attached hydrogen (secondary N) is 1. The molecule has 20 heavy (non-hydrogen) atoms. The minimum Gasteiger partial charge on any atom is -0.486 e. The Labute approximate surface area is 122 Å². The molecule has 1 aromatic heterocycles. The molecule has 106 valence electrons.